The highest BCUT2D eigenvalue weighted by atomic mass is 16.5. The van der Waals surface area contributed by atoms with Crippen LogP contribution in [0.15, 0.2) is 0 Å². The van der Waals surface area contributed by atoms with Crippen molar-refractivity contribution in [3.8, 4) is 0 Å². The number of hydrogen-bond donors (Lipinski definition) is 2. The van der Waals surface area contributed by atoms with E-state index in [-0.39, 0.29) is 23.8 Å². The lowest BCUT2D eigenvalue weighted by Crippen LogP contribution is -2.46. The maximum absolute atomic E-state index is 12.2. The van der Waals surface area contributed by atoms with Crippen LogP contribution in [0.3, 0.4) is 0 Å². The van der Waals surface area contributed by atoms with Crippen LogP contribution in [-0.4, -0.2) is 30.6 Å². The summed E-state index contributed by atoms with van der Waals surface area (Å²) in [6, 6.07) is -0.224. The fraction of sp³-hybridized carbons (Fsp3) is 0.895. The van der Waals surface area contributed by atoms with E-state index in [1.54, 1.807) is 0 Å². The van der Waals surface area contributed by atoms with Crippen molar-refractivity contribution in [1.82, 2.24) is 5.32 Å². The van der Waals surface area contributed by atoms with Crippen LogP contribution in [0.4, 0.5) is 0 Å². The summed E-state index contributed by atoms with van der Waals surface area (Å²) < 4.78 is 5.39. The number of esters is 1. The van der Waals surface area contributed by atoms with Crippen molar-refractivity contribution in [3.63, 3.8) is 0 Å². The zero-order valence-electron chi connectivity index (χ0n) is 15.8. The molecule has 0 bridgehead atoms. The molecule has 0 aromatic carbocycles. The van der Waals surface area contributed by atoms with E-state index in [1.165, 1.54) is 0 Å². The zero-order chi connectivity index (χ0) is 18.1. The summed E-state index contributed by atoms with van der Waals surface area (Å²) in [5.41, 5.74) is 5.97. The van der Waals surface area contributed by atoms with Crippen LogP contribution in [0.2, 0.25) is 0 Å². The van der Waals surface area contributed by atoms with Crippen LogP contribution in [0.1, 0.15) is 72.6 Å². The van der Waals surface area contributed by atoms with Crippen molar-refractivity contribution in [1.29, 1.82) is 0 Å². The molecule has 0 heterocycles. The molecular weight excluding hydrogens is 304 g/mol. The van der Waals surface area contributed by atoms with Gasteiger partial charge in [-0.3, -0.25) is 9.59 Å². The highest BCUT2D eigenvalue weighted by molar-refractivity contribution is 5.81. The molecular formula is C19H36N2O3. The first-order chi connectivity index (χ1) is 11.3. The summed E-state index contributed by atoms with van der Waals surface area (Å²) >= 11 is 0. The maximum Gasteiger partial charge on any atom is 0.308 e. The molecule has 0 saturated heterocycles. The predicted octanol–water partition coefficient (Wildman–Crippen LogP) is 3.01. The molecule has 2 unspecified atom stereocenters. The minimum atomic E-state index is -0.418. The van der Waals surface area contributed by atoms with Crippen molar-refractivity contribution in [2.24, 2.45) is 23.5 Å². The molecule has 3 atom stereocenters. The first kappa shape index (κ1) is 20.9. The van der Waals surface area contributed by atoms with Gasteiger partial charge in [0.2, 0.25) is 5.91 Å². The van der Waals surface area contributed by atoms with Crippen molar-refractivity contribution in [2.45, 2.75) is 84.7 Å². The molecule has 0 spiro atoms. The van der Waals surface area contributed by atoms with Crippen LogP contribution >= 0.6 is 0 Å². The second-order valence-electron chi connectivity index (χ2n) is 7.95. The monoisotopic (exact) mass is 340 g/mol. The first-order valence-electron chi connectivity index (χ1n) is 9.52. The number of nitrogens with two attached hydrogens (primary N) is 1. The molecule has 1 fully saturated rings. The van der Waals surface area contributed by atoms with Gasteiger partial charge in [-0.25, -0.2) is 0 Å². The minimum Gasteiger partial charge on any atom is -0.465 e. The Balaban J connectivity index is 2.41. The normalized spacial score (nSPS) is 23.5. The third kappa shape index (κ3) is 8.13. The van der Waals surface area contributed by atoms with E-state index in [0.29, 0.717) is 24.9 Å². The Morgan fingerprint density at radius 2 is 1.75 bits per heavy atom. The minimum absolute atomic E-state index is 0.0305. The lowest BCUT2D eigenvalue weighted by molar-refractivity contribution is -0.148. The lowest BCUT2D eigenvalue weighted by atomic mass is 9.89. The summed E-state index contributed by atoms with van der Waals surface area (Å²) in [7, 11) is 0. The molecule has 5 heteroatoms. The molecule has 24 heavy (non-hydrogen) atoms. The summed E-state index contributed by atoms with van der Waals surface area (Å²) in [5, 5.41) is 3.12. The number of nitrogens with one attached hydrogen (secondary N) is 1. The topological polar surface area (TPSA) is 81.4 Å². The number of hydrogen-bond acceptors (Lipinski definition) is 4. The van der Waals surface area contributed by atoms with Crippen LogP contribution in [0.5, 0.6) is 0 Å². The van der Waals surface area contributed by atoms with Gasteiger partial charge in [-0.1, -0.05) is 40.5 Å². The fourth-order valence-corrected chi connectivity index (χ4v) is 3.15. The summed E-state index contributed by atoms with van der Waals surface area (Å²) in [6.07, 6.45) is 6.96. The second kappa shape index (κ2) is 10.7. The first-order valence-corrected chi connectivity index (χ1v) is 9.52. The van der Waals surface area contributed by atoms with E-state index in [1.807, 2.05) is 13.8 Å². The Morgan fingerprint density at radius 3 is 2.38 bits per heavy atom. The van der Waals surface area contributed by atoms with Crippen LogP contribution < -0.4 is 11.1 Å². The quantitative estimate of drug-likeness (QED) is 0.698. The average molecular weight is 341 g/mol. The molecule has 1 aliphatic carbocycles. The SMILES string of the molecule is CC(C)C[C@@H](N)C(=O)NC1CCCCC(COC(=O)C(C)C)CC1. The number of carbonyl (C=O) groups excluding carboxylic acids is 2. The van der Waals surface area contributed by atoms with E-state index < -0.39 is 6.04 Å². The van der Waals surface area contributed by atoms with Crippen LogP contribution in [0.25, 0.3) is 0 Å². The molecule has 1 rings (SSSR count). The molecule has 1 aliphatic rings. The van der Waals surface area contributed by atoms with E-state index >= 15 is 0 Å². The highest BCUT2D eigenvalue weighted by Crippen LogP contribution is 2.23. The van der Waals surface area contributed by atoms with Crippen molar-refractivity contribution >= 4 is 11.9 Å². The third-order valence-corrected chi connectivity index (χ3v) is 4.68. The van der Waals surface area contributed by atoms with Gasteiger partial charge in [-0.05, 0) is 43.9 Å². The number of rotatable bonds is 7. The Labute approximate surface area is 147 Å². The van der Waals surface area contributed by atoms with Gasteiger partial charge in [-0.15, -0.1) is 0 Å². The molecule has 5 nitrogen and oxygen atoms in total. The Hall–Kier alpha value is -1.10. The van der Waals surface area contributed by atoms with Gasteiger partial charge in [0.1, 0.15) is 0 Å². The fourth-order valence-electron chi connectivity index (χ4n) is 3.15. The lowest BCUT2D eigenvalue weighted by Gasteiger charge is -2.27. The molecule has 1 saturated carbocycles. The van der Waals surface area contributed by atoms with Gasteiger partial charge < -0.3 is 15.8 Å². The van der Waals surface area contributed by atoms with E-state index in [9.17, 15) is 9.59 Å². The summed E-state index contributed by atoms with van der Waals surface area (Å²) in [6.45, 7) is 8.36. The third-order valence-electron chi connectivity index (χ3n) is 4.68. The van der Waals surface area contributed by atoms with Gasteiger partial charge in [-0.2, -0.15) is 0 Å². The second-order valence-corrected chi connectivity index (χ2v) is 7.95. The standard InChI is InChI=1S/C19H36N2O3/c1-13(2)11-17(20)18(22)21-16-8-6-5-7-15(9-10-16)12-24-19(23)14(3)4/h13-17H,5-12,20H2,1-4H3,(H,21,22)/t15?,16?,17-/m1/s1. The zero-order valence-corrected chi connectivity index (χ0v) is 15.8. The molecule has 0 aromatic heterocycles. The van der Waals surface area contributed by atoms with E-state index in [2.05, 4.69) is 19.2 Å². The highest BCUT2D eigenvalue weighted by Gasteiger charge is 2.22. The number of carbonyl (C=O) groups is 2. The van der Waals surface area contributed by atoms with E-state index in [0.717, 1.165) is 38.5 Å². The molecule has 3 N–H and O–H groups in total. The molecule has 0 aromatic rings. The van der Waals surface area contributed by atoms with Gasteiger partial charge in [0, 0.05) is 6.04 Å². The largest absolute Gasteiger partial charge is 0.465 e. The van der Waals surface area contributed by atoms with Crippen molar-refractivity contribution in [2.75, 3.05) is 6.61 Å². The Kier molecular flexibility index (Phi) is 9.34. The summed E-state index contributed by atoms with van der Waals surface area (Å²) in [4.78, 5) is 23.8. The number of ether oxygens (including phenoxy) is 1. The Bertz CT molecular complexity index is 396. The Morgan fingerprint density at radius 1 is 1.08 bits per heavy atom. The van der Waals surface area contributed by atoms with Gasteiger partial charge in [0.05, 0.1) is 18.6 Å². The van der Waals surface area contributed by atoms with Crippen molar-refractivity contribution in [3.05, 3.63) is 0 Å². The molecule has 140 valence electrons. The summed E-state index contributed by atoms with van der Waals surface area (Å²) in [5.74, 6) is 0.589. The number of amides is 1. The molecule has 1 amide bonds. The molecule has 0 aliphatic heterocycles. The van der Waals surface area contributed by atoms with Gasteiger partial charge in [0.25, 0.3) is 0 Å². The maximum atomic E-state index is 12.2. The van der Waals surface area contributed by atoms with E-state index in [4.69, 9.17) is 10.5 Å². The smallest absolute Gasteiger partial charge is 0.308 e. The van der Waals surface area contributed by atoms with Gasteiger partial charge >= 0.3 is 5.97 Å². The average Bonchev–Trinajstić information content (AvgIpc) is 2.48. The predicted molar refractivity (Wildman–Crippen MR) is 96.4 cm³/mol. The van der Waals surface area contributed by atoms with Crippen LogP contribution in [-0.2, 0) is 14.3 Å². The van der Waals surface area contributed by atoms with Gasteiger partial charge in [0.15, 0.2) is 0 Å². The molecule has 0 radical (unpaired) electrons. The van der Waals surface area contributed by atoms with Crippen molar-refractivity contribution < 1.29 is 14.3 Å². The van der Waals surface area contributed by atoms with Crippen LogP contribution in [0, 0.1) is 17.8 Å².